The van der Waals surface area contributed by atoms with Gasteiger partial charge in [-0.15, -0.1) is 0 Å². The van der Waals surface area contributed by atoms with Crippen molar-refractivity contribution in [3.05, 3.63) is 11.1 Å². The summed E-state index contributed by atoms with van der Waals surface area (Å²) < 4.78 is 4.05. The number of esters is 2. The molecule has 2 N–H and O–H groups in total. The Morgan fingerprint density at radius 1 is 1.16 bits per heavy atom. The minimum absolute atomic E-state index is 0.0644. The molecule has 0 bridgehead atoms. The molecule has 0 amide bonds. The quantitative estimate of drug-likeness (QED) is 0.230. The lowest BCUT2D eigenvalue weighted by Gasteiger charge is -2.20. The first-order valence-electron chi connectivity index (χ1n) is 5.86. The van der Waals surface area contributed by atoms with Crippen LogP contribution in [0.5, 0.6) is 0 Å². The van der Waals surface area contributed by atoms with Crippen molar-refractivity contribution >= 4 is 23.9 Å². The number of aliphatic carboxylic acids is 2. The van der Waals surface area contributed by atoms with Crippen molar-refractivity contribution in [2.24, 2.45) is 5.92 Å². The van der Waals surface area contributed by atoms with E-state index in [1.807, 2.05) is 6.92 Å². The molecule has 1 aliphatic heterocycles. The van der Waals surface area contributed by atoms with E-state index in [0.717, 1.165) is 12.8 Å². The van der Waals surface area contributed by atoms with Crippen LogP contribution in [0.15, 0.2) is 11.1 Å². The van der Waals surface area contributed by atoms with Gasteiger partial charge in [0, 0.05) is 0 Å². The Bertz CT molecular complexity index is 445. The maximum Gasteiger partial charge on any atom is 0.354 e. The summed E-state index contributed by atoms with van der Waals surface area (Å²) in [4.78, 5) is 44.4. The monoisotopic (exact) mass is 270 g/mol. The molecule has 0 aromatic carbocycles. The first-order valence-corrected chi connectivity index (χ1v) is 5.86. The molecule has 1 fully saturated rings. The molecular weight excluding hydrogens is 256 g/mol. The van der Waals surface area contributed by atoms with Gasteiger partial charge in [0.1, 0.15) is 0 Å². The van der Waals surface area contributed by atoms with E-state index >= 15 is 0 Å². The molecule has 19 heavy (non-hydrogen) atoms. The second-order valence-corrected chi connectivity index (χ2v) is 4.16. The third kappa shape index (κ3) is 3.18. The standard InChI is InChI=1S/C12H14O7/c1-2-3-4-5-6(9(13)14)7(10(15)16)8-11(17)19-12(8)18/h6H,2-5H2,1H3,(H,13,14)(H,15,16). The average molecular weight is 270 g/mol. The van der Waals surface area contributed by atoms with Crippen LogP contribution in [0.4, 0.5) is 0 Å². The number of hydrogen-bond donors (Lipinski definition) is 2. The fourth-order valence-electron chi connectivity index (χ4n) is 1.86. The third-order valence-electron chi connectivity index (χ3n) is 2.84. The maximum absolute atomic E-state index is 11.1. The molecule has 104 valence electrons. The topological polar surface area (TPSA) is 118 Å². The Hall–Kier alpha value is -2.18. The predicted molar refractivity (Wildman–Crippen MR) is 61.0 cm³/mol. The summed E-state index contributed by atoms with van der Waals surface area (Å²) in [5.41, 5.74) is -1.33. The van der Waals surface area contributed by atoms with E-state index in [1.54, 1.807) is 0 Å². The van der Waals surface area contributed by atoms with Crippen molar-refractivity contribution in [1.82, 2.24) is 0 Å². The molecule has 0 aliphatic carbocycles. The van der Waals surface area contributed by atoms with Gasteiger partial charge in [-0.3, -0.25) is 4.79 Å². The van der Waals surface area contributed by atoms with E-state index in [0.29, 0.717) is 6.42 Å². The molecule has 0 radical (unpaired) electrons. The molecule has 1 heterocycles. The number of carbonyl (C=O) groups excluding carboxylic acids is 2. The van der Waals surface area contributed by atoms with E-state index in [-0.39, 0.29) is 6.42 Å². The molecule has 1 atom stereocenters. The summed E-state index contributed by atoms with van der Waals surface area (Å²) in [6, 6.07) is 0. The van der Waals surface area contributed by atoms with Crippen LogP contribution in [0, 0.1) is 5.92 Å². The zero-order valence-electron chi connectivity index (χ0n) is 10.3. The maximum atomic E-state index is 11.1. The Morgan fingerprint density at radius 3 is 2.11 bits per heavy atom. The lowest BCUT2D eigenvalue weighted by Crippen LogP contribution is -2.37. The van der Waals surface area contributed by atoms with Crippen molar-refractivity contribution < 1.29 is 34.1 Å². The lowest BCUT2D eigenvalue weighted by molar-refractivity contribution is -0.166. The smallest absolute Gasteiger partial charge is 0.354 e. The average Bonchev–Trinajstić information content (AvgIpc) is 2.31. The van der Waals surface area contributed by atoms with Gasteiger partial charge in [0.25, 0.3) is 0 Å². The summed E-state index contributed by atoms with van der Waals surface area (Å²) in [7, 11) is 0. The molecule has 1 unspecified atom stereocenters. The van der Waals surface area contributed by atoms with Crippen LogP contribution in [0.3, 0.4) is 0 Å². The molecule has 1 saturated heterocycles. The Kier molecular flexibility index (Phi) is 4.80. The van der Waals surface area contributed by atoms with E-state index in [4.69, 9.17) is 10.2 Å². The highest BCUT2D eigenvalue weighted by Gasteiger charge is 2.44. The number of carboxylic acid groups (broad SMARTS) is 2. The molecule has 0 aromatic rings. The van der Waals surface area contributed by atoms with Gasteiger partial charge in [-0.1, -0.05) is 26.2 Å². The Labute approximate surface area is 108 Å². The van der Waals surface area contributed by atoms with Gasteiger partial charge in [-0.25, -0.2) is 14.4 Å². The molecule has 0 spiro atoms. The van der Waals surface area contributed by atoms with Gasteiger partial charge in [0.05, 0.1) is 11.5 Å². The van der Waals surface area contributed by atoms with Gasteiger partial charge in [0.2, 0.25) is 0 Å². The second kappa shape index (κ2) is 6.12. The molecule has 0 aromatic heterocycles. The van der Waals surface area contributed by atoms with Crippen LogP contribution in [0.1, 0.15) is 32.6 Å². The molecular formula is C12H14O7. The number of carboxylic acids is 2. The van der Waals surface area contributed by atoms with E-state index in [1.165, 1.54) is 0 Å². The predicted octanol–water partition coefficient (Wildman–Crippen LogP) is 0.732. The van der Waals surface area contributed by atoms with Crippen molar-refractivity contribution in [2.45, 2.75) is 32.6 Å². The first kappa shape index (κ1) is 14.9. The zero-order chi connectivity index (χ0) is 14.6. The van der Waals surface area contributed by atoms with Crippen LogP contribution in [0.25, 0.3) is 0 Å². The van der Waals surface area contributed by atoms with E-state index in [2.05, 4.69) is 4.74 Å². The summed E-state index contributed by atoms with van der Waals surface area (Å²) >= 11 is 0. The molecule has 7 heteroatoms. The first-order chi connectivity index (χ1) is 8.90. The van der Waals surface area contributed by atoms with E-state index in [9.17, 15) is 19.2 Å². The molecule has 1 rings (SSSR count). The van der Waals surface area contributed by atoms with E-state index < -0.39 is 40.9 Å². The summed E-state index contributed by atoms with van der Waals surface area (Å²) in [6.45, 7) is 1.92. The number of rotatable bonds is 7. The minimum Gasteiger partial charge on any atom is -0.481 e. The molecule has 1 aliphatic rings. The normalized spacial score (nSPS) is 15.5. The zero-order valence-corrected chi connectivity index (χ0v) is 10.3. The highest BCUT2D eigenvalue weighted by Crippen LogP contribution is 2.28. The van der Waals surface area contributed by atoms with Crippen LogP contribution in [-0.2, 0) is 23.9 Å². The minimum atomic E-state index is -1.58. The molecule has 7 nitrogen and oxygen atoms in total. The largest absolute Gasteiger partial charge is 0.481 e. The van der Waals surface area contributed by atoms with Gasteiger partial charge in [-0.05, 0) is 6.42 Å². The summed E-state index contributed by atoms with van der Waals surface area (Å²) in [5.74, 6) is -6.48. The van der Waals surface area contributed by atoms with Gasteiger partial charge < -0.3 is 14.9 Å². The lowest BCUT2D eigenvalue weighted by atomic mass is 9.88. The SMILES string of the molecule is CCCCCC(C(=O)O)C(C(=O)O)=C1C(=O)OC1=O. The van der Waals surface area contributed by atoms with Crippen LogP contribution in [0.2, 0.25) is 0 Å². The third-order valence-corrected chi connectivity index (χ3v) is 2.84. The Morgan fingerprint density at radius 2 is 1.74 bits per heavy atom. The van der Waals surface area contributed by atoms with Gasteiger partial charge in [-0.2, -0.15) is 0 Å². The van der Waals surface area contributed by atoms with Crippen LogP contribution in [-0.4, -0.2) is 34.1 Å². The summed E-state index contributed by atoms with van der Waals surface area (Å²) in [6.07, 6.45) is 2.15. The van der Waals surface area contributed by atoms with Crippen LogP contribution >= 0.6 is 0 Å². The van der Waals surface area contributed by atoms with Crippen molar-refractivity contribution in [3.8, 4) is 0 Å². The number of unbranched alkanes of at least 4 members (excludes halogenated alkanes) is 2. The van der Waals surface area contributed by atoms with Gasteiger partial charge in [0.15, 0.2) is 5.57 Å². The summed E-state index contributed by atoms with van der Waals surface area (Å²) in [5, 5.41) is 18.1. The fourth-order valence-corrected chi connectivity index (χ4v) is 1.86. The van der Waals surface area contributed by atoms with Gasteiger partial charge >= 0.3 is 23.9 Å². The van der Waals surface area contributed by atoms with Crippen molar-refractivity contribution in [3.63, 3.8) is 0 Å². The molecule has 0 saturated carbocycles. The highest BCUT2D eigenvalue weighted by atomic mass is 16.6. The van der Waals surface area contributed by atoms with Crippen molar-refractivity contribution in [2.75, 3.05) is 0 Å². The van der Waals surface area contributed by atoms with Crippen molar-refractivity contribution in [1.29, 1.82) is 0 Å². The number of carbonyl (C=O) groups is 4. The van der Waals surface area contributed by atoms with Crippen LogP contribution < -0.4 is 0 Å². The number of ether oxygens (including phenoxy) is 1. The Balaban J connectivity index is 3.07. The number of cyclic esters (lactones) is 2. The second-order valence-electron chi connectivity index (χ2n) is 4.16. The fraction of sp³-hybridized carbons (Fsp3) is 0.500. The highest BCUT2D eigenvalue weighted by molar-refractivity contribution is 6.30. The number of hydrogen-bond acceptors (Lipinski definition) is 5.